The van der Waals surface area contributed by atoms with Gasteiger partial charge in [0.1, 0.15) is 5.75 Å². The summed E-state index contributed by atoms with van der Waals surface area (Å²) >= 11 is 0. The molecule has 2 aromatic rings. The lowest BCUT2D eigenvalue weighted by Gasteiger charge is -2.34. The van der Waals surface area contributed by atoms with E-state index in [0.717, 1.165) is 17.7 Å². The summed E-state index contributed by atoms with van der Waals surface area (Å²) in [6.45, 7) is 4.02. The van der Waals surface area contributed by atoms with Crippen LogP contribution in [0.3, 0.4) is 0 Å². The Kier molecular flexibility index (Phi) is 3.45. The van der Waals surface area contributed by atoms with Crippen LogP contribution in [0.25, 0.3) is 0 Å². The average Bonchev–Trinajstić information content (AvgIpc) is 2.39. The van der Waals surface area contributed by atoms with Gasteiger partial charge in [-0.3, -0.25) is 4.98 Å². The maximum absolute atomic E-state index is 6.42. The Morgan fingerprint density at radius 2 is 2.05 bits per heavy atom. The summed E-state index contributed by atoms with van der Waals surface area (Å²) < 4.78 is 5.69. The molecular weight excluding hydrogens is 248 g/mol. The van der Waals surface area contributed by atoms with Gasteiger partial charge in [0.2, 0.25) is 0 Å². The Balaban J connectivity index is 1.80. The number of aromatic nitrogens is 1. The topological polar surface area (TPSA) is 48.1 Å². The zero-order valence-corrected chi connectivity index (χ0v) is 11.9. The summed E-state index contributed by atoms with van der Waals surface area (Å²) in [6, 6.07) is 10.5. The van der Waals surface area contributed by atoms with E-state index in [4.69, 9.17) is 10.5 Å². The largest absolute Gasteiger partial charge is 0.489 e. The molecule has 1 heterocycles. The van der Waals surface area contributed by atoms with Crippen molar-refractivity contribution in [2.75, 3.05) is 0 Å². The van der Waals surface area contributed by atoms with Crippen molar-refractivity contribution in [3.05, 3.63) is 59.4 Å². The molecule has 0 radical (unpaired) electrons. The molecular formula is C17H20N2O. The van der Waals surface area contributed by atoms with Gasteiger partial charge in [0, 0.05) is 18.2 Å². The van der Waals surface area contributed by atoms with E-state index in [1.807, 2.05) is 26.1 Å². The van der Waals surface area contributed by atoms with Gasteiger partial charge in [0.25, 0.3) is 0 Å². The van der Waals surface area contributed by atoms with Gasteiger partial charge in [0.05, 0.1) is 12.3 Å². The van der Waals surface area contributed by atoms with Gasteiger partial charge in [-0.05, 0) is 43.0 Å². The van der Waals surface area contributed by atoms with E-state index in [1.54, 1.807) is 6.20 Å². The molecule has 104 valence electrons. The smallest absolute Gasteiger partial charge is 0.138 e. The second-order valence-electron chi connectivity index (χ2n) is 5.66. The third-order valence-corrected chi connectivity index (χ3v) is 3.82. The van der Waals surface area contributed by atoms with Crippen molar-refractivity contribution in [3.8, 4) is 5.75 Å². The number of rotatable bonds is 4. The van der Waals surface area contributed by atoms with E-state index in [-0.39, 0.29) is 12.1 Å². The molecule has 1 aliphatic carbocycles. The summed E-state index contributed by atoms with van der Waals surface area (Å²) in [5.74, 6) is 1.18. The number of hydrogen-bond acceptors (Lipinski definition) is 3. The van der Waals surface area contributed by atoms with Crippen molar-refractivity contribution in [1.29, 1.82) is 0 Å². The highest BCUT2D eigenvalue weighted by molar-refractivity contribution is 5.43. The maximum atomic E-state index is 6.42. The number of nitrogens with zero attached hydrogens (tertiary/aromatic N) is 1. The Labute approximate surface area is 119 Å². The van der Waals surface area contributed by atoms with Crippen LogP contribution in [0.15, 0.2) is 42.7 Å². The van der Waals surface area contributed by atoms with Crippen molar-refractivity contribution in [2.45, 2.75) is 38.3 Å². The molecule has 2 atom stereocenters. The van der Waals surface area contributed by atoms with E-state index in [9.17, 15) is 0 Å². The van der Waals surface area contributed by atoms with Gasteiger partial charge in [0.15, 0.2) is 0 Å². The van der Waals surface area contributed by atoms with E-state index in [1.165, 1.54) is 11.1 Å². The van der Waals surface area contributed by atoms with Crippen molar-refractivity contribution < 1.29 is 4.74 Å². The monoisotopic (exact) mass is 268 g/mol. The molecule has 1 aromatic heterocycles. The van der Waals surface area contributed by atoms with Crippen molar-refractivity contribution in [1.82, 2.24) is 4.98 Å². The van der Waals surface area contributed by atoms with Gasteiger partial charge in [-0.1, -0.05) is 24.3 Å². The van der Waals surface area contributed by atoms with Crippen LogP contribution >= 0.6 is 0 Å². The fourth-order valence-corrected chi connectivity index (χ4v) is 2.80. The summed E-state index contributed by atoms with van der Waals surface area (Å²) in [5, 5.41) is 0. The average molecular weight is 268 g/mol. The summed E-state index contributed by atoms with van der Waals surface area (Å²) in [6.07, 6.45) is 4.78. The normalized spacial score (nSPS) is 18.3. The highest BCUT2D eigenvalue weighted by atomic mass is 16.5. The fraction of sp³-hybridized carbons (Fsp3) is 0.353. The lowest BCUT2D eigenvalue weighted by Crippen LogP contribution is -2.29. The van der Waals surface area contributed by atoms with Crippen LogP contribution in [0.5, 0.6) is 5.75 Å². The number of benzene rings is 1. The predicted molar refractivity (Wildman–Crippen MR) is 79.8 cm³/mol. The Morgan fingerprint density at radius 1 is 1.25 bits per heavy atom. The Hall–Kier alpha value is -1.87. The first-order valence-corrected chi connectivity index (χ1v) is 7.10. The molecule has 0 fully saturated rings. The van der Waals surface area contributed by atoms with Crippen molar-refractivity contribution >= 4 is 0 Å². The third-order valence-electron chi connectivity index (χ3n) is 3.82. The lowest BCUT2D eigenvalue weighted by molar-refractivity contribution is 0.241. The molecule has 3 rings (SSSR count). The van der Waals surface area contributed by atoms with Crippen molar-refractivity contribution in [3.63, 3.8) is 0 Å². The number of hydrogen-bond donors (Lipinski definition) is 1. The SMILES string of the molecule is CC(C)Oc1cncc(C(N)C2Cc3ccccc32)c1. The molecule has 2 unspecified atom stereocenters. The molecule has 2 N–H and O–H groups in total. The van der Waals surface area contributed by atoms with Crippen LogP contribution < -0.4 is 10.5 Å². The first kappa shape index (κ1) is 13.1. The van der Waals surface area contributed by atoms with Crippen LogP contribution in [0, 0.1) is 0 Å². The number of ether oxygens (including phenoxy) is 1. The molecule has 1 aromatic carbocycles. The van der Waals surface area contributed by atoms with E-state index in [2.05, 4.69) is 29.2 Å². The van der Waals surface area contributed by atoms with E-state index in [0.29, 0.717) is 5.92 Å². The molecule has 0 amide bonds. The minimum atomic E-state index is -0.0203. The lowest BCUT2D eigenvalue weighted by atomic mass is 9.72. The second kappa shape index (κ2) is 5.25. The number of pyridine rings is 1. The zero-order chi connectivity index (χ0) is 14.1. The molecule has 3 nitrogen and oxygen atoms in total. The minimum Gasteiger partial charge on any atom is -0.489 e. The highest BCUT2D eigenvalue weighted by Gasteiger charge is 2.31. The van der Waals surface area contributed by atoms with Gasteiger partial charge in [-0.15, -0.1) is 0 Å². The van der Waals surface area contributed by atoms with Gasteiger partial charge < -0.3 is 10.5 Å². The quantitative estimate of drug-likeness (QED) is 0.926. The van der Waals surface area contributed by atoms with Gasteiger partial charge >= 0.3 is 0 Å². The van der Waals surface area contributed by atoms with E-state index < -0.39 is 0 Å². The fourth-order valence-electron chi connectivity index (χ4n) is 2.80. The summed E-state index contributed by atoms with van der Waals surface area (Å²) in [5.41, 5.74) is 10.2. The second-order valence-corrected chi connectivity index (χ2v) is 5.66. The van der Waals surface area contributed by atoms with Crippen molar-refractivity contribution in [2.24, 2.45) is 5.73 Å². The molecule has 1 aliphatic rings. The van der Waals surface area contributed by atoms with Gasteiger partial charge in [-0.2, -0.15) is 0 Å². The van der Waals surface area contributed by atoms with Crippen LogP contribution in [0.4, 0.5) is 0 Å². The molecule has 3 heteroatoms. The standard InChI is InChI=1S/C17H20N2O/c1-11(2)20-14-7-13(9-19-10-14)17(18)16-8-12-5-3-4-6-15(12)16/h3-7,9-11,16-17H,8,18H2,1-2H3. The highest BCUT2D eigenvalue weighted by Crippen LogP contribution is 2.42. The summed E-state index contributed by atoms with van der Waals surface area (Å²) in [7, 11) is 0. The first-order valence-electron chi connectivity index (χ1n) is 7.10. The molecule has 0 saturated carbocycles. The number of fused-ring (bicyclic) bond motifs is 1. The zero-order valence-electron chi connectivity index (χ0n) is 11.9. The minimum absolute atomic E-state index is 0.0203. The predicted octanol–water partition coefficient (Wildman–Crippen LogP) is 3.21. The van der Waals surface area contributed by atoms with Gasteiger partial charge in [-0.25, -0.2) is 0 Å². The molecule has 0 bridgehead atoms. The molecule has 0 aliphatic heterocycles. The third kappa shape index (κ3) is 2.41. The maximum Gasteiger partial charge on any atom is 0.138 e. The van der Waals surface area contributed by atoms with Crippen LogP contribution in [-0.2, 0) is 6.42 Å². The summed E-state index contributed by atoms with van der Waals surface area (Å²) in [4.78, 5) is 4.25. The first-order chi connectivity index (χ1) is 9.65. The van der Waals surface area contributed by atoms with E-state index >= 15 is 0 Å². The Morgan fingerprint density at radius 3 is 2.80 bits per heavy atom. The van der Waals surface area contributed by atoms with Crippen LogP contribution in [0.2, 0.25) is 0 Å². The Bertz CT molecular complexity index is 609. The molecule has 0 spiro atoms. The number of nitrogens with two attached hydrogens (primary N) is 1. The van der Waals surface area contributed by atoms with Crippen LogP contribution in [0.1, 0.15) is 42.5 Å². The van der Waals surface area contributed by atoms with Crippen LogP contribution in [-0.4, -0.2) is 11.1 Å². The molecule has 0 saturated heterocycles. The molecule has 20 heavy (non-hydrogen) atoms.